The number of alkyl halides is 2. The van der Waals surface area contributed by atoms with E-state index in [1.165, 1.54) is 25.5 Å². The van der Waals surface area contributed by atoms with E-state index in [0.717, 1.165) is 0 Å². The Bertz CT molecular complexity index is 770. The summed E-state index contributed by atoms with van der Waals surface area (Å²) in [7, 11) is 1.32. The van der Waals surface area contributed by atoms with Gasteiger partial charge in [-0.05, 0) is 36.4 Å². The molecule has 2 rings (SSSR count). The number of halogens is 3. The summed E-state index contributed by atoms with van der Waals surface area (Å²) in [4.78, 5) is 11.7. The van der Waals surface area contributed by atoms with Gasteiger partial charge in [0.05, 0.1) is 13.3 Å². The van der Waals surface area contributed by atoms with Gasteiger partial charge in [0.25, 0.3) is 5.91 Å². The quantitative estimate of drug-likeness (QED) is 0.559. The van der Waals surface area contributed by atoms with E-state index < -0.39 is 12.5 Å². The van der Waals surface area contributed by atoms with E-state index in [4.69, 9.17) is 21.1 Å². The van der Waals surface area contributed by atoms with Crippen molar-refractivity contribution < 1.29 is 27.8 Å². The van der Waals surface area contributed by atoms with Gasteiger partial charge in [-0.25, -0.2) is 5.43 Å². The summed E-state index contributed by atoms with van der Waals surface area (Å²) in [6, 6.07) is 11.0. The monoisotopic (exact) mass is 384 g/mol. The zero-order chi connectivity index (χ0) is 18.9. The predicted octanol–water partition coefficient (Wildman–Crippen LogP) is 3.48. The number of carbonyl (C=O) groups is 1. The Balaban J connectivity index is 1.94. The van der Waals surface area contributed by atoms with Gasteiger partial charge in [0.15, 0.2) is 18.1 Å². The van der Waals surface area contributed by atoms with E-state index in [-0.39, 0.29) is 23.7 Å². The smallest absolute Gasteiger partial charge is 0.387 e. The lowest BCUT2D eigenvalue weighted by atomic mass is 10.2. The van der Waals surface area contributed by atoms with Crippen molar-refractivity contribution in [2.75, 3.05) is 13.7 Å². The maximum atomic E-state index is 12.5. The van der Waals surface area contributed by atoms with E-state index in [1.807, 2.05) is 0 Å². The molecule has 0 aliphatic heterocycles. The van der Waals surface area contributed by atoms with Crippen LogP contribution < -0.4 is 19.6 Å². The molecule has 9 heteroatoms. The number of amides is 1. The molecule has 6 nitrogen and oxygen atoms in total. The van der Waals surface area contributed by atoms with Crippen molar-refractivity contribution in [3.63, 3.8) is 0 Å². The Kier molecular flexibility index (Phi) is 7.16. The second-order valence-corrected chi connectivity index (χ2v) is 5.23. The standard InChI is InChI=1S/C17H15ClF2N2O4/c1-24-14-4-2-3-11(16(14)26-17(19)20)9-21-22-15(23)10-25-13-7-5-12(18)6-8-13/h2-9,17H,10H2,1H3,(H,22,23)/b21-9-. The first-order valence-electron chi connectivity index (χ1n) is 7.31. The number of rotatable bonds is 8. The number of carbonyl (C=O) groups excluding carboxylic acids is 1. The van der Waals surface area contributed by atoms with Crippen LogP contribution in [0.4, 0.5) is 8.78 Å². The SMILES string of the molecule is COc1cccc(/C=N\NC(=O)COc2ccc(Cl)cc2)c1OC(F)F. The van der Waals surface area contributed by atoms with Gasteiger partial charge in [-0.2, -0.15) is 13.9 Å². The summed E-state index contributed by atoms with van der Waals surface area (Å²) in [6.07, 6.45) is 1.17. The van der Waals surface area contributed by atoms with Gasteiger partial charge in [-0.1, -0.05) is 17.7 Å². The Morgan fingerprint density at radius 1 is 1.27 bits per heavy atom. The summed E-state index contributed by atoms with van der Waals surface area (Å²) in [6.45, 7) is -3.31. The summed E-state index contributed by atoms with van der Waals surface area (Å²) in [5.41, 5.74) is 2.44. The van der Waals surface area contributed by atoms with Crippen LogP contribution in [-0.2, 0) is 4.79 Å². The minimum Gasteiger partial charge on any atom is -0.493 e. The van der Waals surface area contributed by atoms with Crippen molar-refractivity contribution >= 4 is 23.7 Å². The Hall–Kier alpha value is -2.87. The topological polar surface area (TPSA) is 69.2 Å². The van der Waals surface area contributed by atoms with Crippen molar-refractivity contribution in [2.45, 2.75) is 6.61 Å². The highest BCUT2D eigenvalue weighted by Crippen LogP contribution is 2.31. The molecule has 0 fully saturated rings. The van der Waals surface area contributed by atoms with Crippen LogP contribution in [0, 0.1) is 0 Å². The fourth-order valence-electron chi connectivity index (χ4n) is 1.90. The lowest BCUT2D eigenvalue weighted by molar-refractivity contribution is -0.123. The molecule has 0 heterocycles. The molecule has 1 N–H and O–H groups in total. The minimum absolute atomic E-state index is 0.117. The molecule has 138 valence electrons. The Labute approximate surface area is 153 Å². The molecule has 0 aliphatic rings. The second kappa shape index (κ2) is 9.57. The number of hydrogen-bond acceptors (Lipinski definition) is 5. The average molecular weight is 385 g/mol. The van der Waals surface area contributed by atoms with Crippen molar-refractivity contribution in [3.8, 4) is 17.2 Å². The highest BCUT2D eigenvalue weighted by molar-refractivity contribution is 6.30. The first-order valence-corrected chi connectivity index (χ1v) is 7.69. The number of hydrazone groups is 1. The lowest BCUT2D eigenvalue weighted by Crippen LogP contribution is -2.24. The average Bonchev–Trinajstić information content (AvgIpc) is 2.62. The lowest BCUT2D eigenvalue weighted by Gasteiger charge is -2.12. The van der Waals surface area contributed by atoms with Gasteiger partial charge in [0.1, 0.15) is 5.75 Å². The maximum absolute atomic E-state index is 12.5. The molecule has 0 saturated heterocycles. The van der Waals surface area contributed by atoms with Gasteiger partial charge in [-0.3, -0.25) is 4.79 Å². The number of hydrogen-bond donors (Lipinski definition) is 1. The molecule has 0 radical (unpaired) electrons. The molecule has 0 aliphatic carbocycles. The van der Waals surface area contributed by atoms with Gasteiger partial charge in [-0.15, -0.1) is 0 Å². The zero-order valence-electron chi connectivity index (χ0n) is 13.6. The molecule has 2 aromatic carbocycles. The molecule has 0 bridgehead atoms. The predicted molar refractivity (Wildman–Crippen MR) is 92.3 cm³/mol. The third kappa shape index (κ3) is 5.89. The van der Waals surface area contributed by atoms with Crippen LogP contribution in [0.3, 0.4) is 0 Å². The van der Waals surface area contributed by atoms with Crippen LogP contribution in [0.2, 0.25) is 5.02 Å². The molecular formula is C17H15ClF2N2O4. The summed E-state index contributed by atoms with van der Waals surface area (Å²) < 4.78 is 39.7. The zero-order valence-corrected chi connectivity index (χ0v) is 14.4. The van der Waals surface area contributed by atoms with Crippen LogP contribution in [0.1, 0.15) is 5.56 Å². The first-order chi connectivity index (χ1) is 12.5. The Morgan fingerprint density at radius 2 is 2.00 bits per heavy atom. The molecule has 2 aromatic rings. The molecule has 26 heavy (non-hydrogen) atoms. The number of nitrogens with zero attached hydrogens (tertiary/aromatic N) is 1. The fourth-order valence-corrected chi connectivity index (χ4v) is 2.02. The largest absolute Gasteiger partial charge is 0.493 e. The Morgan fingerprint density at radius 3 is 2.65 bits per heavy atom. The summed E-state index contributed by atoms with van der Waals surface area (Å²) in [5.74, 6) is -0.128. The summed E-state index contributed by atoms with van der Waals surface area (Å²) in [5, 5.41) is 4.25. The van der Waals surface area contributed by atoms with Gasteiger partial charge in [0.2, 0.25) is 0 Å². The fraction of sp³-hybridized carbons (Fsp3) is 0.176. The molecule has 0 saturated carbocycles. The van der Waals surface area contributed by atoms with Crippen molar-refractivity contribution in [3.05, 3.63) is 53.1 Å². The normalized spacial score (nSPS) is 10.8. The molecule has 0 spiro atoms. The number of ether oxygens (including phenoxy) is 3. The van der Waals surface area contributed by atoms with Crippen molar-refractivity contribution in [1.29, 1.82) is 0 Å². The van der Waals surface area contributed by atoms with Crippen LogP contribution >= 0.6 is 11.6 Å². The molecule has 0 aromatic heterocycles. The van der Waals surface area contributed by atoms with Gasteiger partial charge >= 0.3 is 6.61 Å². The van der Waals surface area contributed by atoms with E-state index in [1.54, 1.807) is 30.3 Å². The van der Waals surface area contributed by atoms with Crippen LogP contribution in [0.25, 0.3) is 0 Å². The van der Waals surface area contributed by atoms with E-state index >= 15 is 0 Å². The van der Waals surface area contributed by atoms with E-state index in [9.17, 15) is 13.6 Å². The molecular weight excluding hydrogens is 370 g/mol. The highest BCUT2D eigenvalue weighted by atomic mass is 35.5. The van der Waals surface area contributed by atoms with E-state index in [0.29, 0.717) is 10.8 Å². The van der Waals surface area contributed by atoms with Gasteiger partial charge in [0, 0.05) is 10.6 Å². The third-order valence-electron chi connectivity index (χ3n) is 3.01. The molecule has 0 unspecified atom stereocenters. The van der Waals surface area contributed by atoms with Crippen LogP contribution in [0.15, 0.2) is 47.6 Å². The molecule has 0 atom stereocenters. The minimum atomic E-state index is -3.03. The number of methoxy groups -OCH3 is 1. The van der Waals surface area contributed by atoms with Crippen LogP contribution in [-0.4, -0.2) is 32.4 Å². The van der Waals surface area contributed by atoms with Crippen molar-refractivity contribution in [2.24, 2.45) is 5.10 Å². The number of nitrogens with one attached hydrogen (secondary N) is 1. The second-order valence-electron chi connectivity index (χ2n) is 4.79. The van der Waals surface area contributed by atoms with E-state index in [2.05, 4.69) is 15.3 Å². The third-order valence-corrected chi connectivity index (χ3v) is 3.26. The number of benzene rings is 2. The van der Waals surface area contributed by atoms with Gasteiger partial charge < -0.3 is 14.2 Å². The maximum Gasteiger partial charge on any atom is 0.387 e. The summed E-state index contributed by atoms with van der Waals surface area (Å²) >= 11 is 5.75. The van der Waals surface area contributed by atoms with Crippen molar-refractivity contribution in [1.82, 2.24) is 5.43 Å². The van der Waals surface area contributed by atoms with Crippen LogP contribution in [0.5, 0.6) is 17.2 Å². The number of para-hydroxylation sites is 1. The highest BCUT2D eigenvalue weighted by Gasteiger charge is 2.14. The first kappa shape index (κ1) is 19.5. The molecule has 1 amide bonds.